The maximum absolute atomic E-state index is 12.3. The van der Waals surface area contributed by atoms with Crippen LogP contribution in [0.4, 0.5) is 10.6 Å². The minimum absolute atomic E-state index is 0.109. The lowest BCUT2D eigenvalue weighted by Gasteiger charge is -2.40. The molecule has 1 aromatic carbocycles. The van der Waals surface area contributed by atoms with Gasteiger partial charge in [0.15, 0.2) is 5.82 Å². The monoisotopic (exact) mass is 410 g/mol. The van der Waals surface area contributed by atoms with Crippen LogP contribution >= 0.6 is 23.2 Å². The van der Waals surface area contributed by atoms with Crippen LogP contribution in [0.2, 0.25) is 10.0 Å². The Morgan fingerprint density at radius 2 is 2.04 bits per heavy atom. The predicted octanol–water partition coefficient (Wildman–Crippen LogP) is 4.83. The second-order valence-corrected chi connectivity index (χ2v) is 8.50. The van der Waals surface area contributed by atoms with E-state index in [9.17, 15) is 4.79 Å². The molecule has 1 aliphatic rings. The van der Waals surface area contributed by atoms with Crippen molar-refractivity contribution in [1.82, 2.24) is 15.1 Å². The molecule has 0 saturated carbocycles. The highest BCUT2D eigenvalue weighted by Crippen LogP contribution is 2.34. The summed E-state index contributed by atoms with van der Waals surface area (Å²) in [5.41, 5.74) is 1.12. The van der Waals surface area contributed by atoms with E-state index in [0.29, 0.717) is 29.7 Å². The Morgan fingerprint density at radius 3 is 2.70 bits per heavy atom. The normalized spacial score (nSPS) is 17.9. The average Bonchev–Trinajstić information content (AvgIpc) is 3.05. The van der Waals surface area contributed by atoms with Crippen molar-refractivity contribution >= 4 is 35.1 Å². The zero-order chi connectivity index (χ0) is 19.8. The summed E-state index contributed by atoms with van der Waals surface area (Å²) in [4.78, 5) is 16.2. The number of piperazine rings is 1. The fourth-order valence-electron chi connectivity index (χ4n) is 3.10. The number of carbonyl (C=O) groups is 1. The van der Waals surface area contributed by atoms with Gasteiger partial charge in [0, 0.05) is 37.3 Å². The lowest BCUT2D eigenvalue weighted by Crippen LogP contribution is -2.54. The Bertz CT molecular complexity index is 831. The zero-order valence-corrected chi connectivity index (χ0v) is 17.4. The van der Waals surface area contributed by atoms with Crippen molar-refractivity contribution < 1.29 is 9.53 Å². The molecule has 6 nitrogen and oxygen atoms in total. The first-order chi connectivity index (χ1) is 12.7. The topological polar surface area (TPSA) is 61.5 Å². The van der Waals surface area contributed by atoms with Gasteiger partial charge in [-0.05, 0) is 33.8 Å². The van der Waals surface area contributed by atoms with Crippen molar-refractivity contribution in [2.45, 2.75) is 39.3 Å². The summed E-state index contributed by atoms with van der Waals surface area (Å²) >= 11 is 12.4. The number of nitrogens with one attached hydrogen (secondary N) is 1. The predicted molar refractivity (Wildman–Crippen MR) is 109 cm³/mol. The van der Waals surface area contributed by atoms with E-state index in [-0.39, 0.29) is 12.1 Å². The van der Waals surface area contributed by atoms with E-state index in [0.717, 1.165) is 17.1 Å². The molecule has 2 aromatic rings. The first-order valence-corrected chi connectivity index (χ1v) is 9.65. The van der Waals surface area contributed by atoms with Crippen LogP contribution in [0.5, 0.6) is 0 Å². The van der Waals surface area contributed by atoms with Crippen LogP contribution in [0.25, 0.3) is 11.3 Å². The Labute approximate surface area is 169 Å². The Morgan fingerprint density at radius 1 is 1.30 bits per heavy atom. The van der Waals surface area contributed by atoms with Gasteiger partial charge in [-0.25, -0.2) is 4.79 Å². The van der Waals surface area contributed by atoms with Gasteiger partial charge in [-0.1, -0.05) is 35.3 Å². The summed E-state index contributed by atoms with van der Waals surface area (Å²) < 4.78 is 5.47. The molecule has 1 aromatic heterocycles. The van der Waals surface area contributed by atoms with E-state index in [1.807, 2.05) is 39.0 Å². The van der Waals surface area contributed by atoms with Crippen LogP contribution in [-0.2, 0) is 4.74 Å². The third-order valence-corrected chi connectivity index (χ3v) is 5.20. The molecule has 1 saturated heterocycles. The molecule has 8 heteroatoms. The maximum Gasteiger partial charge on any atom is 0.410 e. The second-order valence-electron chi connectivity index (χ2n) is 7.71. The van der Waals surface area contributed by atoms with Gasteiger partial charge in [0.1, 0.15) is 5.60 Å². The lowest BCUT2D eigenvalue weighted by atomic mass is 10.1. The van der Waals surface area contributed by atoms with E-state index in [1.54, 1.807) is 11.0 Å². The van der Waals surface area contributed by atoms with Gasteiger partial charge < -0.3 is 14.5 Å². The van der Waals surface area contributed by atoms with Crippen LogP contribution < -0.4 is 4.90 Å². The zero-order valence-electron chi connectivity index (χ0n) is 15.9. The molecule has 1 fully saturated rings. The summed E-state index contributed by atoms with van der Waals surface area (Å²) in [6.45, 7) is 9.52. The molecule has 1 N–H and O–H groups in total. The van der Waals surface area contributed by atoms with E-state index in [2.05, 4.69) is 22.0 Å². The van der Waals surface area contributed by atoms with Gasteiger partial charge in [-0.3, -0.25) is 5.10 Å². The van der Waals surface area contributed by atoms with Crippen LogP contribution in [0.3, 0.4) is 0 Å². The second kappa shape index (κ2) is 7.60. The van der Waals surface area contributed by atoms with Crippen LogP contribution in [-0.4, -0.2) is 52.5 Å². The number of aromatic amines is 1. The lowest BCUT2D eigenvalue weighted by molar-refractivity contribution is 0.0218. The third-order valence-electron chi connectivity index (χ3n) is 4.38. The number of anilines is 1. The number of amides is 1. The Kier molecular flexibility index (Phi) is 5.58. The number of benzene rings is 1. The van der Waals surface area contributed by atoms with E-state index < -0.39 is 5.60 Å². The number of H-pyrrole nitrogens is 1. The van der Waals surface area contributed by atoms with Gasteiger partial charge in [-0.2, -0.15) is 5.10 Å². The summed E-state index contributed by atoms with van der Waals surface area (Å²) in [5, 5.41) is 8.47. The fourth-order valence-corrected chi connectivity index (χ4v) is 3.50. The minimum Gasteiger partial charge on any atom is -0.444 e. The first kappa shape index (κ1) is 19.8. The summed E-state index contributed by atoms with van der Waals surface area (Å²) in [6.07, 6.45) is -0.276. The fraction of sp³-hybridized carbons (Fsp3) is 0.474. The summed E-state index contributed by atoms with van der Waals surface area (Å²) in [5.74, 6) is 0.817. The van der Waals surface area contributed by atoms with E-state index in [4.69, 9.17) is 27.9 Å². The molecule has 0 spiro atoms. The minimum atomic E-state index is -0.495. The van der Waals surface area contributed by atoms with Crippen LogP contribution in [0.15, 0.2) is 24.3 Å². The van der Waals surface area contributed by atoms with Crippen molar-refractivity contribution in [1.29, 1.82) is 0 Å². The summed E-state index contributed by atoms with van der Waals surface area (Å²) in [7, 11) is 0. The number of rotatable bonds is 2. The van der Waals surface area contributed by atoms with Crippen molar-refractivity contribution in [2.75, 3.05) is 24.5 Å². The molecule has 2 heterocycles. The van der Waals surface area contributed by atoms with Crippen molar-refractivity contribution in [2.24, 2.45) is 0 Å². The molecule has 1 unspecified atom stereocenters. The molecule has 0 aliphatic carbocycles. The number of halogens is 2. The van der Waals surface area contributed by atoms with Gasteiger partial charge in [0.05, 0.1) is 15.7 Å². The molecule has 0 bridgehead atoms. The van der Waals surface area contributed by atoms with Gasteiger partial charge in [-0.15, -0.1) is 0 Å². The number of ether oxygens (including phenoxy) is 1. The average molecular weight is 411 g/mol. The molecule has 1 amide bonds. The van der Waals surface area contributed by atoms with Gasteiger partial charge in [0.2, 0.25) is 0 Å². The molecule has 1 aliphatic heterocycles. The highest BCUT2D eigenvalue weighted by molar-refractivity contribution is 6.43. The molecule has 27 heavy (non-hydrogen) atoms. The third kappa shape index (κ3) is 4.50. The van der Waals surface area contributed by atoms with Crippen molar-refractivity contribution in [3.8, 4) is 11.3 Å². The van der Waals surface area contributed by atoms with Gasteiger partial charge >= 0.3 is 6.09 Å². The maximum atomic E-state index is 12.3. The smallest absolute Gasteiger partial charge is 0.410 e. The number of aromatic nitrogens is 2. The van der Waals surface area contributed by atoms with Crippen LogP contribution in [0, 0.1) is 0 Å². The number of nitrogens with zero attached hydrogens (tertiary/aromatic N) is 3. The molecule has 0 radical (unpaired) electrons. The molecule has 146 valence electrons. The number of hydrogen-bond donors (Lipinski definition) is 1. The van der Waals surface area contributed by atoms with Crippen molar-refractivity contribution in [3.63, 3.8) is 0 Å². The number of carbonyl (C=O) groups excluding carboxylic acids is 1. The largest absolute Gasteiger partial charge is 0.444 e. The molecule has 3 rings (SSSR count). The molecular weight excluding hydrogens is 387 g/mol. The SMILES string of the molecule is CC1CN(C(=O)OC(C)(C)C)CCN1c1cc(-c2cccc(Cl)c2Cl)[nH]n1. The van der Waals surface area contributed by atoms with E-state index in [1.165, 1.54) is 0 Å². The Hall–Kier alpha value is -1.92. The van der Waals surface area contributed by atoms with Crippen LogP contribution in [0.1, 0.15) is 27.7 Å². The molecule has 1 atom stereocenters. The van der Waals surface area contributed by atoms with Crippen molar-refractivity contribution in [3.05, 3.63) is 34.3 Å². The van der Waals surface area contributed by atoms with Gasteiger partial charge in [0.25, 0.3) is 0 Å². The number of hydrogen-bond acceptors (Lipinski definition) is 4. The quantitative estimate of drug-likeness (QED) is 0.769. The van der Waals surface area contributed by atoms with E-state index >= 15 is 0 Å². The standard InChI is InChI=1S/C19H24Cl2N4O2/c1-12-11-24(18(26)27-19(2,3)4)8-9-25(12)16-10-15(22-23-16)13-6-5-7-14(20)17(13)21/h5-7,10,12H,8-9,11H2,1-4H3,(H,22,23). The molecular formula is C19H24Cl2N4O2. The first-order valence-electron chi connectivity index (χ1n) is 8.90. The highest BCUT2D eigenvalue weighted by Gasteiger charge is 2.31. The Balaban J connectivity index is 1.71. The highest BCUT2D eigenvalue weighted by atomic mass is 35.5. The summed E-state index contributed by atoms with van der Waals surface area (Å²) in [6, 6.07) is 7.57.